The van der Waals surface area contributed by atoms with E-state index in [0.717, 1.165) is 31.6 Å². The van der Waals surface area contributed by atoms with Crippen molar-refractivity contribution in [1.29, 1.82) is 0 Å². The number of carbonyl (C=O) groups excluding carboxylic acids is 1. The number of piperidine rings is 1. The molecule has 0 N–H and O–H groups in total. The van der Waals surface area contributed by atoms with Gasteiger partial charge in [0.1, 0.15) is 11.9 Å². The van der Waals surface area contributed by atoms with Gasteiger partial charge in [0.05, 0.1) is 12.1 Å². The number of nitrogens with zero attached hydrogens (tertiary/aromatic N) is 2. The van der Waals surface area contributed by atoms with Crippen LogP contribution in [0.25, 0.3) is 0 Å². The maximum atomic E-state index is 11.7. The number of methoxy groups -OCH3 is 1. The summed E-state index contributed by atoms with van der Waals surface area (Å²) in [5, 5.41) is 0.598. The molecule has 5 heteroatoms. The number of ether oxygens (including phenoxy) is 1. The van der Waals surface area contributed by atoms with Crippen LogP contribution in [0.4, 0.5) is 5.82 Å². The minimum Gasteiger partial charge on any atom is -0.467 e. The first kappa shape index (κ1) is 12.2. The van der Waals surface area contributed by atoms with Crippen molar-refractivity contribution >= 4 is 23.4 Å². The Morgan fingerprint density at radius 1 is 1.53 bits per heavy atom. The molecule has 1 aromatic rings. The fraction of sp³-hybridized carbons (Fsp3) is 0.500. The maximum absolute atomic E-state index is 11.7. The van der Waals surface area contributed by atoms with E-state index in [4.69, 9.17) is 16.3 Å². The standard InChI is InChI=1S/C12H15ClN2O2/c1-17-12(16)10-4-2-3-7-15(10)11-6-5-9(13)8-14-11/h5-6,8,10H,2-4,7H2,1H3. The number of esters is 1. The highest BCUT2D eigenvalue weighted by molar-refractivity contribution is 6.30. The number of carbonyl (C=O) groups is 1. The summed E-state index contributed by atoms with van der Waals surface area (Å²) in [5.41, 5.74) is 0. The van der Waals surface area contributed by atoms with Gasteiger partial charge in [-0.15, -0.1) is 0 Å². The van der Waals surface area contributed by atoms with E-state index in [0.29, 0.717) is 5.02 Å². The third kappa shape index (κ3) is 2.69. The van der Waals surface area contributed by atoms with Crippen molar-refractivity contribution in [1.82, 2.24) is 4.98 Å². The number of aromatic nitrogens is 1. The molecule has 2 rings (SSSR count). The van der Waals surface area contributed by atoms with Gasteiger partial charge in [-0.1, -0.05) is 11.6 Å². The third-order valence-electron chi connectivity index (χ3n) is 2.98. The summed E-state index contributed by atoms with van der Waals surface area (Å²) in [7, 11) is 1.42. The highest BCUT2D eigenvalue weighted by Gasteiger charge is 2.30. The maximum Gasteiger partial charge on any atom is 0.328 e. The zero-order valence-electron chi connectivity index (χ0n) is 9.73. The van der Waals surface area contributed by atoms with Gasteiger partial charge in [0.15, 0.2) is 0 Å². The molecule has 1 aromatic heterocycles. The lowest BCUT2D eigenvalue weighted by Crippen LogP contribution is -2.45. The van der Waals surface area contributed by atoms with Gasteiger partial charge in [-0.3, -0.25) is 0 Å². The van der Waals surface area contributed by atoms with E-state index >= 15 is 0 Å². The van der Waals surface area contributed by atoms with E-state index in [-0.39, 0.29) is 12.0 Å². The van der Waals surface area contributed by atoms with Crippen LogP contribution < -0.4 is 4.90 Å². The van der Waals surface area contributed by atoms with E-state index in [2.05, 4.69) is 4.98 Å². The molecule has 1 saturated heterocycles. The molecule has 4 nitrogen and oxygen atoms in total. The van der Waals surface area contributed by atoms with Gasteiger partial charge >= 0.3 is 5.97 Å². The number of hydrogen-bond acceptors (Lipinski definition) is 4. The SMILES string of the molecule is COC(=O)C1CCCCN1c1ccc(Cl)cn1. The van der Waals surface area contributed by atoms with Crippen LogP contribution in [0.1, 0.15) is 19.3 Å². The monoisotopic (exact) mass is 254 g/mol. The Labute approximate surface area is 106 Å². The van der Waals surface area contributed by atoms with Crippen LogP contribution in [0.15, 0.2) is 18.3 Å². The molecular weight excluding hydrogens is 240 g/mol. The largest absolute Gasteiger partial charge is 0.467 e. The highest BCUT2D eigenvalue weighted by atomic mass is 35.5. The smallest absolute Gasteiger partial charge is 0.328 e. The summed E-state index contributed by atoms with van der Waals surface area (Å²) in [4.78, 5) is 17.9. The van der Waals surface area contributed by atoms with Gasteiger partial charge in [-0.05, 0) is 31.4 Å². The first-order valence-electron chi connectivity index (χ1n) is 5.68. The quantitative estimate of drug-likeness (QED) is 0.760. The fourth-order valence-corrected chi connectivity index (χ4v) is 2.24. The van der Waals surface area contributed by atoms with Crippen LogP contribution in [-0.2, 0) is 9.53 Å². The van der Waals surface area contributed by atoms with Crippen molar-refractivity contribution in [2.24, 2.45) is 0 Å². The number of hydrogen-bond donors (Lipinski definition) is 0. The minimum absolute atomic E-state index is 0.193. The van der Waals surface area contributed by atoms with Crippen molar-refractivity contribution in [2.45, 2.75) is 25.3 Å². The molecule has 1 unspecified atom stereocenters. The lowest BCUT2D eigenvalue weighted by Gasteiger charge is -2.34. The Balaban J connectivity index is 2.21. The zero-order chi connectivity index (χ0) is 12.3. The van der Waals surface area contributed by atoms with Gasteiger partial charge in [0.2, 0.25) is 0 Å². The van der Waals surface area contributed by atoms with Crippen molar-refractivity contribution in [3.63, 3.8) is 0 Å². The van der Waals surface area contributed by atoms with Crippen LogP contribution in [0.5, 0.6) is 0 Å². The molecule has 1 atom stereocenters. The van der Waals surface area contributed by atoms with Gasteiger partial charge in [0.25, 0.3) is 0 Å². The second-order valence-electron chi connectivity index (χ2n) is 4.06. The van der Waals surface area contributed by atoms with E-state index in [1.165, 1.54) is 7.11 Å². The van der Waals surface area contributed by atoms with E-state index in [1.807, 2.05) is 11.0 Å². The van der Waals surface area contributed by atoms with Gasteiger partial charge in [-0.25, -0.2) is 9.78 Å². The molecule has 1 fully saturated rings. The van der Waals surface area contributed by atoms with E-state index < -0.39 is 0 Å². The molecule has 1 aliphatic heterocycles. The van der Waals surface area contributed by atoms with Crippen molar-refractivity contribution in [2.75, 3.05) is 18.6 Å². The van der Waals surface area contributed by atoms with Crippen molar-refractivity contribution in [3.05, 3.63) is 23.4 Å². The topological polar surface area (TPSA) is 42.4 Å². The summed E-state index contributed by atoms with van der Waals surface area (Å²) >= 11 is 5.80. The molecule has 0 aromatic carbocycles. The van der Waals surface area contributed by atoms with E-state index in [9.17, 15) is 4.79 Å². The Morgan fingerprint density at radius 3 is 3.00 bits per heavy atom. The van der Waals surface area contributed by atoms with Crippen molar-refractivity contribution in [3.8, 4) is 0 Å². The first-order valence-corrected chi connectivity index (χ1v) is 6.06. The molecule has 92 valence electrons. The predicted molar refractivity (Wildman–Crippen MR) is 66.2 cm³/mol. The summed E-state index contributed by atoms with van der Waals surface area (Å²) < 4.78 is 4.83. The zero-order valence-corrected chi connectivity index (χ0v) is 10.5. The Kier molecular flexibility index (Phi) is 3.84. The Hall–Kier alpha value is -1.29. The number of rotatable bonds is 2. The molecule has 2 heterocycles. The molecule has 1 aliphatic rings. The Bertz CT molecular complexity index is 394. The predicted octanol–water partition coefficient (Wildman–Crippen LogP) is 2.27. The second-order valence-corrected chi connectivity index (χ2v) is 4.50. The fourth-order valence-electron chi connectivity index (χ4n) is 2.12. The lowest BCUT2D eigenvalue weighted by atomic mass is 10.0. The lowest BCUT2D eigenvalue weighted by molar-refractivity contribution is -0.142. The molecule has 0 saturated carbocycles. The summed E-state index contributed by atoms with van der Waals surface area (Å²) in [6.07, 6.45) is 4.53. The van der Waals surface area contributed by atoms with Gasteiger partial charge in [-0.2, -0.15) is 0 Å². The van der Waals surface area contributed by atoms with Crippen molar-refractivity contribution < 1.29 is 9.53 Å². The number of pyridine rings is 1. The van der Waals surface area contributed by atoms with Crippen LogP contribution in [-0.4, -0.2) is 30.6 Å². The average molecular weight is 255 g/mol. The molecule has 0 aliphatic carbocycles. The van der Waals surface area contributed by atoms with Crippen LogP contribution in [0.3, 0.4) is 0 Å². The normalized spacial score (nSPS) is 20.1. The van der Waals surface area contributed by atoms with Crippen LogP contribution >= 0.6 is 11.6 Å². The molecule has 0 amide bonds. The number of halogens is 1. The number of anilines is 1. The van der Waals surface area contributed by atoms with Gasteiger partial charge < -0.3 is 9.64 Å². The summed E-state index contributed by atoms with van der Waals surface area (Å²) in [6.45, 7) is 0.828. The van der Waals surface area contributed by atoms with E-state index in [1.54, 1.807) is 12.3 Å². The third-order valence-corrected chi connectivity index (χ3v) is 3.21. The minimum atomic E-state index is -0.220. The van der Waals surface area contributed by atoms with Crippen LogP contribution in [0, 0.1) is 0 Å². The molecular formula is C12H15ClN2O2. The second kappa shape index (κ2) is 5.36. The molecule has 0 spiro atoms. The average Bonchev–Trinajstić information content (AvgIpc) is 2.39. The molecule has 0 radical (unpaired) electrons. The summed E-state index contributed by atoms with van der Waals surface area (Å²) in [6, 6.07) is 3.40. The van der Waals surface area contributed by atoms with Crippen LogP contribution in [0.2, 0.25) is 5.02 Å². The first-order chi connectivity index (χ1) is 8.22. The Morgan fingerprint density at radius 2 is 2.35 bits per heavy atom. The van der Waals surface area contributed by atoms with Gasteiger partial charge in [0, 0.05) is 12.7 Å². The highest BCUT2D eigenvalue weighted by Crippen LogP contribution is 2.24. The summed E-state index contributed by atoms with van der Waals surface area (Å²) in [5.74, 6) is 0.589. The molecule has 0 bridgehead atoms. The molecule has 17 heavy (non-hydrogen) atoms.